The Hall–Kier alpha value is -0.820. The van der Waals surface area contributed by atoms with Crippen molar-refractivity contribution in [3.05, 3.63) is 35.4 Å². The fraction of sp³-hybridized carbons (Fsp3) is 0.625. The summed E-state index contributed by atoms with van der Waals surface area (Å²) in [5, 5.41) is 3.65. The van der Waals surface area contributed by atoms with Crippen molar-refractivity contribution in [1.29, 1.82) is 0 Å². The third-order valence-corrected chi connectivity index (χ3v) is 3.96. The third-order valence-electron chi connectivity index (χ3n) is 3.96. The lowest BCUT2D eigenvalue weighted by atomic mass is 10.0. The van der Waals surface area contributed by atoms with Gasteiger partial charge in [-0.25, -0.2) is 0 Å². The van der Waals surface area contributed by atoms with Crippen LogP contribution in [0.4, 0.5) is 0 Å². The van der Waals surface area contributed by atoms with Gasteiger partial charge in [-0.15, -0.1) is 0 Å². The molecule has 0 saturated heterocycles. The second-order valence-corrected chi connectivity index (χ2v) is 5.90. The quantitative estimate of drug-likeness (QED) is 0.777. The van der Waals surface area contributed by atoms with Gasteiger partial charge in [0.2, 0.25) is 0 Å². The molecule has 0 radical (unpaired) electrons. The normalized spacial score (nSPS) is 19.0. The first-order valence-corrected chi connectivity index (χ1v) is 6.95. The molecule has 1 fully saturated rings. The highest BCUT2D eigenvalue weighted by atomic mass is 14.9. The molecular weight excluding hydrogens is 206 g/mol. The van der Waals surface area contributed by atoms with Crippen LogP contribution in [0, 0.1) is 5.41 Å². The number of aryl methyl sites for hydroxylation is 1. The topological polar surface area (TPSA) is 12.0 Å². The van der Waals surface area contributed by atoms with Gasteiger partial charge in [0, 0.05) is 12.6 Å². The minimum Gasteiger partial charge on any atom is -0.310 e. The molecule has 1 aromatic carbocycles. The SMILES string of the molecule is CCCc1ccc(C(C)NCC2(C)CC2)cc1. The molecule has 1 aromatic rings. The third kappa shape index (κ3) is 3.57. The Labute approximate surface area is 106 Å². The number of rotatable bonds is 6. The van der Waals surface area contributed by atoms with Crippen molar-refractivity contribution in [3.8, 4) is 0 Å². The molecule has 0 amide bonds. The van der Waals surface area contributed by atoms with Gasteiger partial charge < -0.3 is 5.32 Å². The summed E-state index contributed by atoms with van der Waals surface area (Å²) in [6, 6.07) is 9.57. The summed E-state index contributed by atoms with van der Waals surface area (Å²) in [7, 11) is 0. The first kappa shape index (κ1) is 12.6. The van der Waals surface area contributed by atoms with Crippen LogP contribution in [0.1, 0.15) is 57.2 Å². The van der Waals surface area contributed by atoms with Crippen molar-refractivity contribution in [1.82, 2.24) is 5.32 Å². The zero-order valence-electron chi connectivity index (χ0n) is 11.4. The fourth-order valence-corrected chi connectivity index (χ4v) is 2.17. The number of benzene rings is 1. The summed E-state index contributed by atoms with van der Waals surface area (Å²) in [4.78, 5) is 0. The lowest BCUT2D eigenvalue weighted by Gasteiger charge is -2.17. The van der Waals surface area contributed by atoms with Crippen molar-refractivity contribution >= 4 is 0 Å². The molecule has 2 rings (SSSR count). The Morgan fingerprint density at radius 2 is 1.88 bits per heavy atom. The fourth-order valence-electron chi connectivity index (χ4n) is 2.17. The standard InChI is InChI=1S/C16H25N/c1-4-5-14-6-8-15(9-7-14)13(2)17-12-16(3)10-11-16/h6-9,13,17H,4-5,10-12H2,1-3H3. The highest BCUT2D eigenvalue weighted by Gasteiger charge is 2.36. The summed E-state index contributed by atoms with van der Waals surface area (Å²) < 4.78 is 0. The molecule has 17 heavy (non-hydrogen) atoms. The van der Waals surface area contributed by atoms with E-state index in [9.17, 15) is 0 Å². The molecule has 1 N–H and O–H groups in total. The molecule has 1 saturated carbocycles. The highest BCUT2D eigenvalue weighted by Crippen LogP contribution is 2.44. The molecule has 0 aromatic heterocycles. The summed E-state index contributed by atoms with van der Waals surface area (Å²) in [6.45, 7) is 8.02. The Morgan fingerprint density at radius 1 is 1.24 bits per heavy atom. The largest absolute Gasteiger partial charge is 0.310 e. The average Bonchev–Trinajstić information content (AvgIpc) is 3.06. The highest BCUT2D eigenvalue weighted by molar-refractivity contribution is 5.24. The summed E-state index contributed by atoms with van der Waals surface area (Å²) >= 11 is 0. The van der Waals surface area contributed by atoms with Gasteiger partial charge in [0.15, 0.2) is 0 Å². The Morgan fingerprint density at radius 3 is 2.41 bits per heavy atom. The Bertz CT molecular complexity index is 348. The molecule has 94 valence electrons. The van der Waals surface area contributed by atoms with Crippen molar-refractivity contribution in [2.45, 2.75) is 52.5 Å². The van der Waals surface area contributed by atoms with Gasteiger partial charge in [-0.1, -0.05) is 44.5 Å². The maximum atomic E-state index is 3.65. The van der Waals surface area contributed by atoms with Gasteiger partial charge in [-0.3, -0.25) is 0 Å². The second kappa shape index (κ2) is 5.22. The van der Waals surface area contributed by atoms with Crippen molar-refractivity contribution < 1.29 is 0 Å². The van der Waals surface area contributed by atoms with Crippen LogP contribution in [0.25, 0.3) is 0 Å². The molecule has 0 heterocycles. The van der Waals surface area contributed by atoms with Crippen LogP contribution < -0.4 is 5.32 Å². The van der Waals surface area contributed by atoms with E-state index in [0.29, 0.717) is 11.5 Å². The van der Waals surface area contributed by atoms with Crippen molar-refractivity contribution in [3.63, 3.8) is 0 Å². The van der Waals surface area contributed by atoms with E-state index >= 15 is 0 Å². The van der Waals surface area contributed by atoms with Crippen LogP contribution in [0.5, 0.6) is 0 Å². The predicted octanol–water partition coefficient (Wildman–Crippen LogP) is 4.09. The van der Waals surface area contributed by atoms with Crippen LogP contribution in [-0.4, -0.2) is 6.54 Å². The van der Waals surface area contributed by atoms with Crippen LogP contribution in [-0.2, 0) is 6.42 Å². The lowest BCUT2D eigenvalue weighted by molar-refractivity contribution is 0.457. The molecule has 0 bridgehead atoms. The van der Waals surface area contributed by atoms with E-state index in [0.717, 1.165) is 6.54 Å². The Balaban J connectivity index is 1.87. The molecule has 1 unspecified atom stereocenters. The van der Waals surface area contributed by atoms with Crippen LogP contribution in [0.15, 0.2) is 24.3 Å². The monoisotopic (exact) mass is 231 g/mol. The van der Waals surface area contributed by atoms with E-state index in [1.54, 1.807) is 0 Å². The smallest absolute Gasteiger partial charge is 0.0292 e. The minimum atomic E-state index is 0.475. The first-order valence-electron chi connectivity index (χ1n) is 6.95. The molecular formula is C16H25N. The number of hydrogen-bond donors (Lipinski definition) is 1. The molecule has 1 aliphatic carbocycles. The van der Waals surface area contributed by atoms with Gasteiger partial charge in [0.25, 0.3) is 0 Å². The molecule has 0 spiro atoms. The Kier molecular flexibility index (Phi) is 3.88. The summed E-state index contributed by atoms with van der Waals surface area (Å²) in [5.41, 5.74) is 3.46. The van der Waals surface area contributed by atoms with Crippen LogP contribution in [0.2, 0.25) is 0 Å². The van der Waals surface area contributed by atoms with Crippen LogP contribution in [0.3, 0.4) is 0 Å². The zero-order valence-corrected chi connectivity index (χ0v) is 11.4. The molecule has 1 heteroatoms. The van der Waals surface area contributed by atoms with E-state index in [1.165, 1.54) is 36.8 Å². The summed E-state index contributed by atoms with van der Waals surface area (Å²) in [6.07, 6.45) is 5.20. The molecule has 0 aliphatic heterocycles. The number of hydrogen-bond acceptors (Lipinski definition) is 1. The van der Waals surface area contributed by atoms with E-state index in [-0.39, 0.29) is 0 Å². The lowest BCUT2D eigenvalue weighted by Crippen LogP contribution is -2.25. The maximum Gasteiger partial charge on any atom is 0.0292 e. The minimum absolute atomic E-state index is 0.475. The van der Waals surface area contributed by atoms with Gasteiger partial charge in [-0.05, 0) is 42.7 Å². The van der Waals surface area contributed by atoms with E-state index in [4.69, 9.17) is 0 Å². The van der Waals surface area contributed by atoms with E-state index < -0.39 is 0 Å². The second-order valence-electron chi connectivity index (χ2n) is 5.90. The van der Waals surface area contributed by atoms with Gasteiger partial charge in [0.05, 0.1) is 0 Å². The summed E-state index contributed by atoms with van der Waals surface area (Å²) in [5.74, 6) is 0. The molecule has 1 aliphatic rings. The van der Waals surface area contributed by atoms with Gasteiger partial charge in [0.1, 0.15) is 0 Å². The number of nitrogens with one attached hydrogen (secondary N) is 1. The van der Waals surface area contributed by atoms with Crippen molar-refractivity contribution in [2.24, 2.45) is 5.41 Å². The van der Waals surface area contributed by atoms with E-state index in [2.05, 4.69) is 50.4 Å². The van der Waals surface area contributed by atoms with Crippen LogP contribution >= 0.6 is 0 Å². The zero-order chi connectivity index (χ0) is 12.3. The van der Waals surface area contributed by atoms with Crippen molar-refractivity contribution in [2.75, 3.05) is 6.54 Å². The molecule has 1 atom stereocenters. The van der Waals surface area contributed by atoms with Gasteiger partial charge >= 0.3 is 0 Å². The molecule has 1 nitrogen and oxygen atoms in total. The predicted molar refractivity (Wildman–Crippen MR) is 74.2 cm³/mol. The van der Waals surface area contributed by atoms with Gasteiger partial charge in [-0.2, -0.15) is 0 Å². The average molecular weight is 231 g/mol. The maximum absolute atomic E-state index is 3.65. The first-order chi connectivity index (χ1) is 8.13. The van der Waals surface area contributed by atoms with E-state index in [1.807, 2.05) is 0 Å².